The van der Waals surface area contributed by atoms with Gasteiger partial charge < -0.3 is 4.42 Å². The molecule has 0 bridgehead atoms. The van der Waals surface area contributed by atoms with Gasteiger partial charge in [-0.05, 0) is 24.3 Å². The summed E-state index contributed by atoms with van der Waals surface area (Å²) in [4.78, 5) is 15.5. The SMILES string of the molecule is C=C(NNC(=O)c1cccnc1)c1ccco1. The van der Waals surface area contributed by atoms with Crippen molar-refractivity contribution in [2.75, 3.05) is 0 Å². The number of carbonyl (C=O) groups is 1. The van der Waals surface area contributed by atoms with Crippen molar-refractivity contribution in [3.63, 3.8) is 0 Å². The molecule has 0 aromatic carbocycles. The molecule has 2 aromatic rings. The number of hydrogen-bond donors (Lipinski definition) is 2. The van der Waals surface area contributed by atoms with E-state index in [2.05, 4.69) is 22.4 Å². The molecule has 5 nitrogen and oxygen atoms in total. The fourth-order valence-electron chi connectivity index (χ4n) is 1.21. The molecule has 0 spiro atoms. The zero-order valence-corrected chi connectivity index (χ0v) is 9.01. The zero-order chi connectivity index (χ0) is 12.1. The summed E-state index contributed by atoms with van der Waals surface area (Å²) >= 11 is 0. The first kappa shape index (κ1) is 10.9. The second-order valence-corrected chi connectivity index (χ2v) is 3.28. The third-order valence-corrected chi connectivity index (χ3v) is 2.07. The monoisotopic (exact) mass is 229 g/mol. The number of pyridine rings is 1. The van der Waals surface area contributed by atoms with E-state index in [1.54, 1.807) is 30.5 Å². The highest BCUT2D eigenvalue weighted by atomic mass is 16.3. The number of nitrogens with zero attached hydrogens (tertiary/aromatic N) is 1. The Labute approximate surface area is 98.1 Å². The maximum absolute atomic E-state index is 11.6. The normalized spacial score (nSPS) is 9.65. The van der Waals surface area contributed by atoms with Crippen LogP contribution < -0.4 is 10.9 Å². The highest BCUT2D eigenvalue weighted by Gasteiger charge is 2.06. The van der Waals surface area contributed by atoms with Gasteiger partial charge in [-0.25, -0.2) is 0 Å². The molecule has 2 aromatic heterocycles. The maximum atomic E-state index is 11.6. The van der Waals surface area contributed by atoms with Crippen molar-refractivity contribution in [1.82, 2.24) is 15.8 Å². The Morgan fingerprint density at radius 2 is 2.18 bits per heavy atom. The lowest BCUT2D eigenvalue weighted by molar-refractivity contribution is 0.0942. The number of aromatic nitrogens is 1. The van der Waals surface area contributed by atoms with Crippen LogP contribution in [-0.2, 0) is 0 Å². The van der Waals surface area contributed by atoms with Gasteiger partial charge in [0, 0.05) is 12.4 Å². The first-order valence-electron chi connectivity index (χ1n) is 4.96. The summed E-state index contributed by atoms with van der Waals surface area (Å²) < 4.78 is 5.11. The van der Waals surface area contributed by atoms with E-state index in [1.807, 2.05) is 0 Å². The van der Waals surface area contributed by atoms with Crippen molar-refractivity contribution < 1.29 is 9.21 Å². The molecule has 5 heteroatoms. The van der Waals surface area contributed by atoms with Gasteiger partial charge in [0.15, 0.2) is 5.76 Å². The molecule has 1 amide bonds. The molecule has 0 saturated heterocycles. The predicted molar refractivity (Wildman–Crippen MR) is 62.6 cm³/mol. The molecule has 0 saturated carbocycles. The third kappa shape index (κ3) is 2.72. The Kier molecular flexibility index (Phi) is 3.20. The Morgan fingerprint density at radius 3 is 2.82 bits per heavy atom. The second kappa shape index (κ2) is 4.98. The lowest BCUT2D eigenvalue weighted by Crippen LogP contribution is -2.35. The van der Waals surface area contributed by atoms with Gasteiger partial charge in [-0.15, -0.1) is 0 Å². The number of carbonyl (C=O) groups excluding carboxylic acids is 1. The van der Waals surface area contributed by atoms with Gasteiger partial charge in [0.25, 0.3) is 5.91 Å². The van der Waals surface area contributed by atoms with E-state index in [0.717, 1.165) is 0 Å². The molecule has 0 fully saturated rings. The lowest BCUT2D eigenvalue weighted by Gasteiger charge is -2.08. The van der Waals surface area contributed by atoms with Crippen LogP contribution in [0.4, 0.5) is 0 Å². The highest BCUT2D eigenvalue weighted by molar-refractivity contribution is 5.93. The van der Waals surface area contributed by atoms with Crippen molar-refractivity contribution in [1.29, 1.82) is 0 Å². The number of rotatable bonds is 4. The average molecular weight is 229 g/mol. The fraction of sp³-hybridized carbons (Fsp3) is 0. The van der Waals surface area contributed by atoms with Crippen molar-refractivity contribution >= 4 is 11.6 Å². The van der Waals surface area contributed by atoms with Gasteiger partial charge >= 0.3 is 0 Å². The van der Waals surface area contributed by atoms with Crippen molar-refractivity contribution in [2.24, 2.45) is 0 Å². The van der Waals surface area contributed by atoms with E-state index >= 15 is 0 Å². The number of nitrogens with one attached hydrogen (secondary N) is 2. The summed E-state index contributed by atoms with van der Waals surface area (Å²) in [6, 6.07) is 6.84. The number of hydrogen-bond acceptors (Lipinski definition) is 4. The molecule has 0 aliphatic rings. The fourth-order valence-corrected chi connectivity index (χ4v) is 1.21. The zero-order valence-electron chi connectivity index (χ0n) is 9.01. The Hall–Kier alpha value is -2.56. The van der Waals surface area contributed by atoms with Crippen LogP contribution in [0.5, 0.6) is 0 Å². The Bertz CT molecular complexity index is 506. The number of amides is 1. The molecule has 0 radical (unpaired) electrons. The molecule has 0 atom stereocenters. The van der Waals surface area contributed by atoms with E-state index in [1.165, 1.54) is 12.5 Å². The number of hydrazine groups is 1. The van der Waals surface area contributed by atoms with E-state index < -0.39 is 0 Å². The van der Waals surface area contributed by atoms with E-state index in [-0.39, 0.29) is 5.91 Å². The Morgan fingerprint density at radius 1 is 1.29 bits per heavy atom. The van der Waals surface area contributed by atoms with Gasteiger partial charge in [-0.3, -0.25) is 20.6 Å². The summed E-state index contributed by atoms with van der Waals surface area (Å²) in [5.74, 6) is 0.280. The van der Waals surface area contributed by atoms with Crippen LogP contribution in [0.15, 0.2) is 53.9 Å². The minimum Gasteiger partial charge on any atom is -0.463 e. The van der Waals surface area contributed by atoms with Crippen LogP contribution >= 0.6 is 0 Å². The van der Waals surface area contributed by atoms with Gasteiger partial charge in [0.05, 0.1) is 17.5 Å². The number of furan rings is 1. The highest BCUT2D eigenvalue weighted by Crippen LogP contribution is 2.08. The third-order valence-electron chi connectivity index (χ3n) is 2.07. The largest absolute Gasteiger partial charge is 0.463 e. The Balaban J connectivity index is 1.91. The van der Waals surface area contributed by atoms with Crippen molar-refractivity contribution in [2.45, 2.75) is 0 Å². The van der Waals surface area contributed by atoms with Crippen LogP contribution in [0.1, 0.15) is 16.1 Å². The molecule has 17 heavy (non-hydrogen) atoms. The molecule has 0 aliphatic carbocycles. The van der Waals surface area contributed by atoms with E-state index in [9.17, 15) is 4.79 Å². The van der Waals surface area contributed by atoms with Gasteiger partial charge in [0.1, 0.15) is 0 Å². The summed E-state index contributed by atoms with van der Waals surface area (Å²) in [5, 5.41) is 0. The first-order valence-corrected chi connectivity index (χ1v) is 4.96. The van der Waals surface area contributed by atoms with Crippen molar-refractivity contribution in [3.05, 3.63) is 60.8 Å². The lowest BCUT2D eigenvalue weighted by atomic mass is 10.3. The maximum Gasteiger partial charge on any atom is 0.271 e. The van der Waals surface area contributed by atoms with Gasteiger partial charge in [-0.2, -0.15) is 0 Å². The van der Waals surface area contributed by atoms with Crippen LogP contribution in [0.2, 0.25) is 0 Å². The summed E-state index contributed by atoms with van der Waals surface area (Å²) in [7, 11) is 0. The predicted octanol–water partition coefficient (Wildman–Crippen LogP) is 1.58. The standard InChI is InChI=1S/C12H11N3O2/c1-9(11-5-3-7-17-11)14-15-12(16)10-4-2-6-13-8-10/h2-8,14H,1H2,(H,15,16). The first-order chi connectivity index (χ1) is 8.27. The minimum absolute atomic E-state index is 0.286. The summed E-state index contributed by atoms with van der Waals surface area (Å²) in [5.41, 5.74) is 6.11. The van der Waals surface area contributed by atoms with Crippen LogP contribution in [-0.4, -0.2) is 10.9 Å². The molecular weight excluding hydrogens is 218 g/mol. The van der Waals surface area contributed by atoms with Crippen LogP contribution in [0, 0.1) is 0 Å². The molecule has 2 heterocycles. The van der Waals surface area contributed by atoms with Crippen LogP contribution in [0.25, 0.3) is 5.70 Å². The quantitative estimate of drug-likeness (QED) is 0.781. The molecule has 2 rings (SSSR count). The minimum atomic E-state index is -0.286. The van der Waals surface area contributed by atoms with Crippen molar-refractivity contribution in [3.8, 4) is 0 Å². The van der Waals surface area contributed by atoms with Crippen LogP contribution in [0.3, 0.4) is 0 Å². The van der Waals surface area contributed by atoms with E-state index in [0.29, 0.717) is 17.0 Å². The van der Waals surface area contributed by atoms with Gasteiger partial charge in [0.2, 0.25) is 0 Å². The van der Waals surface area contributed by atoms with Gasteiger partial charge in [-0.1, -0.05) is 6.58 Å². The molecular formula is C12H11N3O2. The topological polar surface area (TPSA) is 67.2 Å². The summed E-state index contributed by atoms with van der Waals surface area (Å²) in [6.07, 6.45) is 4.61. The molecule has 0 aliphatic heterocycles. The average Bonchev–Trinajstić information content (AvgIpc) is 2.90. The summed E-state index contributed by atoms with van der Waals surface area (Å²) in [6.45, 7) is 3.73. The molecule has 0 unspecified atom stereocenters. The smallest absolute Gasteiger partial charge is 0.271 e. The second-order valence-electron chi connectivity index (χ2n) is 3.28. The molecule has 86 valence electrons. The van der Waals surface area contributed by atoms with E-state index in [4.69, 9.17) is 4.42 Å². The molecule has 2 N–H and O–H groups in total.